The van der Waals surface area contributed by atoms with Crippen molar-refractivity contribution in [1.29, 1.82) is 0 Å². The molecule has 1 aliphatic heterocycles. The number of rotatable bonds is 4. The van der Waals surface area contributed by atoms with Gasteiger partial charge in [0.2, 0.25) is 5.91 Å². The van der Waals surface area contributed by atoms with Crippen molar-refractivity contribution in [2.75, 3.05) is 6.61 Å². The fourth-order valence-corrected chi connectivity index (χ4v) is 3.37. The van der Waals surface area contributed by atoms with Crippen molar-refractivity contribution in [2.45, 2.75) is 31.9 Å². The molecule has 6 heteroatoms. The first-order chi connectivity index (χ1) is 10.1. The van der Waals surface area contributed by atoms with Crippen LogP contribution in [0.3, 0.4) is 0 Å². The Labute approximate surface area is 127 Å². The average molecular weight is 305 g/mol. The molecule has 5 nitrogen and oxygen atoms in total. The van der Waals surface area contributed by atoms with Crippen molar-refractivity contribution < 1.29 is 9.53 Å². The van der Waals surface area contributed by atoms with Gasteiger partial charge in [-0.25, -0.2) is 0 Å². The highest BCUT2D eigenvalue weighted by Gasteiger charge is 2.33. The summed E-state index contributed by atoms with van der Waals surface area (Å²) >= 11 is 1.61. The maximum atomic E-state index is 12.2. The zero-order valence-electron chi connectivity index (χ0n) is 12.2. The Balaban J connectivity index is 1.67. The lowest BCUT2D eigenvalue weighted by atomic mass is 10.0. The van der Waals surface area contributed by atoms with E-state index in [1.165, 1.54) is 0 Å². The molecule has 3 heterocycles. The molecule has 0 spiro atoms. The monoisotopic (exact) mass is 305 g/mol. The Bertz CT molecular complexity index is 621. The summed E-state index contributed by atoms with van der Waals surface area (Å²) in [7, 11) is 1.91. The third-order valence-corrected chi connectivity index (χ3v) is 4.81. The Kier molecular flexibility index (Phi) is 4.07. The summed E-state index contributed by atoms with van der Waals surface area (Å²) in [4.78, 5) is 13.2. The molecule has 1 aliphatic rings. The van der Waals surface area contributed by atoms with E-state index in [1.54, 1.807) is 11.3 Å². The number of hydrogen-bond donors (Lipinski definition) is 1. The Hall–Kier alpha value is -1.66. The van der Waals surface area contributed by atoms with Crippen LogP contribution >= 0.6 is 11.3 Å². The van der Waals surface area contributed by atoms with Crippen LogP contribution in [0.15, 0.2) is 23.7 Å². The van der Waals surface area contributed by atoms with E-state index in [4.69, 9.17) is 4.74 Å². The molecule has 0 aliphatic carbocycles. The molecule has 2 aromatic heterocycles. The number of thiophene rings is 1. The van der Waals surface area contributed by atoms with Gasteiger partial charge in [0, 0.05) is 29.8 Å². The molecule has 0 saturated carbocycles. The smallest absolute Gasteiger partial charge is 0.225 e. The number of amides is 1. The number of aromatic nitrogens is 2. The van der Waals surface area contributed by atoms with Crippen molar-refractivity contribution in [3.8, 4) is 0 Å². The highest BCUT2D eigenvalue weighted by molar-refractivity contribution is 7.10. The van der Waals surface area contributed by atoms with Gasteiger partial charge in [0.05, 0.1) is 18.7 Å². The summed E-state index contributed by atoms with van der Waals surface area (Å²) in [5, 5.41) is 9.36. The second-order valence-corrected chi connectivity index (χ2v) is 6.35. The number of aryl methyl sites for hydroxylation is 1. The van der Waals surface area contributed by atoms with Crippen LogP contribution in [0.25, 0.3) is 0 Å². The van der Waals surface area contributed by atoms with Crippen LogP contribution in [0.1, 0.15) is 28.7 Å². The van der Waals surface area contributed by atoms with Crippen molar-refractivity contribution in [2.24, 2.45) is 7.05 Å². The first kappa shape index (κ1) is 14.3. The van der Waals surface area contributed by atoms with E-state index in [0.717, 1.165) is 22.6 Å². The largest absolute Gasteiger partial charge is 0.371 e. The van der Waals surface area contributed by atoms with Crippen LogP contribution in [0.5, 0.6) is 0 Å². The first-order valence-electron chi connectivity index (χ1n) is 7.07. The highest BCUT2D eigenvalue weighted by Crippen LogP contribution is 2.31. The normalized spacial score (nSPS) is 21.6. The van der Waals surface area contributed by atoms with Gasteiger partial charge < -0.3 is 10.1 Å². The van der Waals surface area contributed by atoms with Gasteiger partial charge in [0.1, 0.15) is 6.10 Å². The van der Waals surface area contributed by atoms with E-state index in [9.17, 15) is 4.79 Å². The molecule has 2 atom stereocenters. The molecular formula is C15H19N3O2S. The molecule has 0 unspecified atom stereocenters. The fourth-order valence-electron chi connectivity index (χ4n) is 2.67. The number of hydrogen-bond acceptors (Lipinski definition) is 4. The number of carbonyl (C=O) groups is 1. The van der Waals surface area contributed by atoms with Gasteiger partial charge in [-0.15, -0.1) is 11.3 Å². The minimum absolute atomic E-state index is 0.0281. The topological polar surface area (TPSA) is 56.1 Å². The predicted molar refractivity (Wildman–Crippen MR) is 81.2 cm³/mol. The second kappa shape index (κ2) is 5.99. The highest BCUT2D eigenvalue weighted by atomic mass is 32.1. The number of nitrogens with one attached hydrogen (secondary N) is 1. The maximum Gasteiger partial charge on any atom is 0.225 e. The van der Waals surface area contributed by atoms with Gasteiger partial charge in [-0.2, -0.15) is 5.10 Å². The third-order valence-electron chi connectivity index (χ3n) is 3.93. The molecule has 3 rings (SSSR count). The minimum Gasteiger partial charge on any atom is -0.371 e. The van der Waals surface area contributed by atoms with E-state index in [-0.39, 0.29) is 18.1 Å². The van der Waals surface area contributed by atoms with Gasteiger partial charge in [0.25, 0.3) is 0 Å². The van der Waals surface area contributed by atoms with Crippen LogP contribution in [-0.4, -0.2) is 28.3 Å². The molecule has 0 aromatic carbocycles. The summed E-state index contributed by atoms with van der Waals surface area (Å²) in [6, 6.07) is 3.98. The maximum absolute atomic E-state index is 12.2. The van der Waals surface area contributed by atoms with Gasteiger partial charge in [-0.1, -0.05) is 6.07 Å². The molecule has 1 fully saturated rings. The zero-order chi connectivity index (χ0) is 14.8. The summed E-state index contributed by atoms with van der Waals surface area (Å²) in [5.41, 5.74) is 2.15. The van der Waals surface area contributed by atoms with E-state index in [1.807, 2.05) is 42.4 Å². The lowest BCUT2D eigenvalue weighted by molar-refractivity contribution is -0.121. The van der Waals surface area contributed by atoms with Crippen LogP contribution in [0, 0.1) is 6.92 Å². The van der Waals surface area contributed by atoms with E-state index < -0.39 is 0 Å². The van der Waals surface area contributed by atoms with Crippen molar-refractivity contribution in [1.82, 2.24) is 15.1 Å². The van der Waals surface area contributed by atoms with Gasteiger partial charge >= 0.3 is 0 Å². The Morgan fingerprint density at radius 2 is 2.48 bits per heavy atom. The Morgan fingerprint density at radius 1 is 1.62 bits per heavy atom. The standard InChI is InChI=1S/C15H19N3O2S/c1-10-12(9-16-18(10)2)15-13(5-6-20-15)17-14(19)8-11-4-3-7-21-11/h3-4,7,9,13,15H,5-6,8H2,1-2H3,(H,17,19)/t13-,15+/m0/s1. The quantitative estimate of drug-likeness (QED) is 0.939. The molecule has 1 amide bonds. The molecule has 2 aromatic rings. The average Bonchev–Trinajstić information content (AvgIpc) is 3.15. The van der Waals surface area contributed by atoms with Gasteiger partial charge in [-0.3, -0.25) is 9.48 Å². The lowest BCUT2D eigenvalue weighted by Gasteiger charge is -2.19. The van der Waals surface area contributed by atoms with Crippen LogP contribution in [0.4, 0.5) is 0 Å². The molecular weight excluding hydrogens is 286 g/mol. The lowest BCUT2D eigenvalue weighted by Crippen LogP contribution is -2.37. The number of nitrogens with zero attached hydrogens (tertiary/aromatic N) is 2. The molecule has 0 bridgehead atoms. The van der Waals surface area contributed by atoms with Gasteiger partial charge in [-0.05, 0) is 24.8 Å². The Morgan fingerprint density at radius 3 is 3.14 bits per heavy atom. The fraction of sp³-hybridized carbons (Fsp3) is 0.467. The summed E-state index contributed by atoms with van der Waals surface area (Å²) < 4.78 is 7.65. The van der Waals surface area contributed by atoms with Crippen LogP contribution in [-0.2, 0) is 23.0 Å². The molecule has 0 radical (unpaired) electrons. The third kappa shape index (κ3) is 3.01. The van der Waals surface area contributed by atoms with Crippen LogP contribution in [0.2, 0.25) is 0 Å². The first-order valence-corrected chi connectivity index (χ1v) is 7.95. The van der Waals surface area contributed by atoms with Crippen molar-refractivity contribution >= 4 is 17.2 Å². The SMILES string of the molecule is Cc1c([C@H]2OCC[C@@H]2NC(=O)Cc2cccs2)cnn1C. The second-order valence-electron chi connectivity index (χ2n) is 5.32. The van der Waals surface area contributed by atoms with E-state index in [2.05, 4.69) is 10.4 Å². The van der Waals surface area contributed by atoms with Crippen molar-refractivity contribution in [3.05, 3.63) is 39.8 Å². The number of carbonyl (C=O) groups excluding carboxylic acids is 1. The van der Waals surface area contributed by atoms with E-state index >= 15 is 0 Å². The molecule has 21 heavy (non-hydrogen) atoms. The molecule has 1 N–H and O–H groups in total. The summed E-state index contributed by atoms with van der Waals surface area (Å²) in [6.45, 7) is 2.69. The van der Waals surface area contributed by atoms with Crippen LogP contribution < -0.4 is 5.32 Å². The predicted octanol–water partition coefficient (Wildman–Crippen LogP) is 1.98. The molecule has 1 saturated heterocycles. The van der Waals surface area contributed by atoms with E-state index in [0.29, 0.717) is 13.0 Å². The summed E-state index contributed by atoms with van der Waals surface area (Å²) in [6.07, 6.45) is 3.03. The summed E-state index contributed by atoms with van der Waals surface area (Å²) in [5.74, 6) is 0.0551. The van der Waals surface area contributed by atoms with Gasteiger partial charge in [0.15, 0.2) is 0 Å². The minimum atomic E-state index is -0.0917. The number of ether oxygens (including phenoxy) is 1. The van der Waals surface area contributed by atoms with Crippen molar-refractivity contribution in [3.63, 3.8) is 0 Å². The molecule has 112 valence electrons. The zero-order valence-corrected chi connectivity index (χ0v) is 13.0.